The number of rotatable bonds is 8. The quantitative estimate of drug-likeness (QED) is 0.345. The number of hydrogen-bond donors (Lipinski definition) is 2. The summed E-state index contributed by atoms with van der Waals surface area (Å²) in [6, 6.07) is 10.7. The molecule has 1 fully saturated rings. The van der Waals surface area contributed by atoms with Gasteiger partial charge in [-0.05, 0) is 54.5 Å². The number of halogens is 1. The van der Waals surface area contributed by atoms with Gasteiger partial charge >= 0.3 is 0 Å². The first-order chi connectivity index (χ1) is 16.2. The first kappa shape index (κ1) is 22.4. The highest BCUT2D eigenvalue weighted by molar-refractivity contribution is 5.85. The van der Waals surface area contributed by atoms with Gasteiger partial charge in [-0.15, -0.1) is 17.5 Å². The lowest BCUT2D eigenvalue weighted by molar-refractivity contribution is 0.301. The normalized spacial score (nSPS) is 13.8. The summed E-state index contributed by atoms with van der Waals surface area (Å²) in [4.78, 5) is 7.81. The first-order valence-electron chi connectivity index (χ1n) is 11.5. The Morgan fingerprint density at radius 3 is 2.91 bits per heavy atom. The molecule has 5 aromatic rings. The van der Waals surface area contributed by atoms with Crippen molar-refractivity contribution < 1.29 is 4.74 Å². The highest BCUT2D eigenvalue weighted by atomic mass is 35.5. The van der Waals surface area contributed by atoms with E-state index in [9.17, 15) is 0 Å². The molecule has 1 saturated carbocycles. The second kappa shape index (κ2) is 9.48. The molecule has 0 saturated heterocycles. The van der Waals surface area contributed by atoms with Gasteiger partial charge in [-0.1, -0.05) is 23.8 Å². The summed E-state index contributed by atoms with van der Waals surface area (Å²) < 4.78 is 9.24. The first-order valence-corrected chi connectivity index (χ1v) is 11.5. The number of ether oxygens (including phenoxy) is 1. The summed E-state index contributed by atoms with van der Waals surface area (Å²) in [7, 11) is 1.66. The summed E-state index contributed by atoms with van der Waals surface area (Å²) in [5.41, 5.74) is 6.26. The van der Waals surface area contributed by atoms with Gasteiger partial charge in [0.2, 0.25) is 0 Å². The molecule has 4 heterocycles. The molecular weight excluding hydrogens is 450 g/mol. The Morgan fingerprint density at radius 1 is 1.18 bits per heavy atom. The second-order valence-corrected chi connectivity index (χ2v) is 8.93. The Kier molecular flexibility index (Phi) is 6.26. The number of imidazole rings is 1. The van der Waals surface area contributed by atoms with Crippen molar-refractivity contribution in [1.29, 1.82) is 0 Å². The van der Waals surface area contributed by atoms with E-state index in [1.54, 1.807) is 13.4 Å². The van der Waals surface area contributed by atoms with Crippen LogP contribution in [0, 0.1) is 5.92 Å². The van der Waals surface area contributed by atoms with E-state index in [2.05, 4.69) is 49.9 Å². The Morgan fingerprint density at radius 2 is 2.09 bits per heavy atom. The number of fused-ring (bicyclic) bond motifs is 2. The van der Waals surface area contributed by atoms with Gasteiger partial charge in [0.1, 0.15) is 11.4 Å². The van der Waals surface area contributed by atoms with Gasteiger partial charge < -0.3 is 19.4 Å². The Hall–Kier alpha value is -3.36. The van der Waals surface area contributed by atoms with Crippen LogP contribution in [0.1, 0.15) is 30.5 Å². The molecule has 0 aliphatic heterocycles. The van der Waals surface area contributed by atoms with Gasteiger partial charge in [0.05, 0.1) is 44.1 Å². The lowest BCUT2D eigenvalue weighted by Gasteiger charge is -2.25. The van der Waals surface area contributed by atoms with E-state index in [4.69, 9.17) is 4.74 Å². The number of nitrogens with zero attached hydrogens (tertiary/aromatic N) is 5. The van der Waals surface area contributed by atoms with Crippen molar-refractivity contribution in [2.45, 2.75) is 32.4 Å². The lowest BCUT2D eigenvalue weighted by Crippen LogP contribution is -2.26. The largest absolute Gasteiger partial charge is 0.495 e. The molecule has 0 radical (unpaired) electrons. The standard InChI is InChI=1S/C25H27N7O.ClH/c1-33-21-9-22(25-12-27-16-31(25)14-21)24-15-32(30-29-24)13-18-5-6-19-8-20(28-23(19)7-18)11-26-10-17-3-2-4-17;/h5-9,12,14-17,26,28H,2-4,10-11,13H2,1H3;1H. The third kappa shape index (κ3) is 4.38. The fourth-order valence-electron chi connectivity index (χ4n) is 4.55. The molecule has 8 nitrogen and oxygen atoms in total. The van der Waals surface area contributed by atoms with Crippen LogP contribution in [0.3, 0.4) is 0 Å². The van der Waals surface area contributed by atoms with E-state index in [0.717, 1.165) is 47.0 Å². The number of pyridine rings is 1. The van der Waals surface area contributed by atoms with Crippen LogP contribution in [-0.4, -0.2) is 43.0 Å². The summed E-state index contributed by atoms with van der Waals surface area (Å²) in [6.07, 6.45) is 11.6. The number of benzene rings is 1. The molecule has 34 heavy (non-hydrogen) atoms. The second-order valence-electron chi connectivity index (χ2n) is 8.93. The topological polar surface area (TPSA) is 85.1 Å². The molecule has 4 aromatic heterocycles. The molecule has 1 aromatic carbocycles. The minimum Gasteiger partial charge on any atom is -0.495 e. The van der Waals surface area contributed by atoms with Gasteiger partial charge in [0.15, 0.2) is 0 Å². The molecule has 0 atom stereocenters. The van der Waals surface area contributed by atoms with Gasteiger partial charge in [-0.25, -0.2) is 9.67 Å². The zero-order valence-electron chi connectivity index (χ0n) is 19.1. The predicted octanol–water partition coefficient (Wildman–Crippen LogP) is 4.44. The van der Waals surface area contributed by atoms with Gasteiger partial charge in [0.25, 0.3) is 0 Å². The zero-order chi connectivity index (χ0) is 22.2. The van der Waals surface area contributed by atoms with Crippen molar-refractivity contribution in [3.8, 4) is 17.0 Å². The average molecular weight is 478 g/mol. The number of aromatic amines is 1. The summed E-state index contributed by atoms with van der Waals surface area (Å²) in [6.45, 7) is 2.65. The SMILES string of the molecule is COc1cc(-c2cn(Cc3ccc4cc(CNCC5CCC5)[nH]c4c3)nn2)c2cncn2c1.Cl. The van der Waals surface area contributed by atoms with Crippen molar-refractivity contribution >= 4 is 28.8 Å². The molecule has 1 aliphatic rings. The van der Waals surface area contributed by atoms with Crippen molar-refractivity contribution in [2.24, 2.45) is 5.92 Å². The third-order valence-corrected chi connectivity index (χ3v) is 6.61. The molecule has 1 aliphatic carbocycles. The summed E-state index contributed by atoms with van der Waals surface area (Å²) >= 11 is 0. The van der Waals surface area contributed by atoms with E-state index in [1.165, 1.54) is 35.9 Å². The minimum absolute atomic E-state index is 0. The molecule has 2 N–H and O–H groups in total. The summed E-state index contributed by atoms with van der Waals surface area (Å²) in [5.74, 6) is 1.62. The Balaban J connectivity index is 0.00000241. The minimum atomic E-state index is 0. The van der Waals surface area contributed by atoms with Crippen molar-refractivity contribution in [3.63, 3.8) is 0 Å². The van der Waals surface area contributed by atoms with Crippen LogP contribution in [0.15, 0.2) is 55.2 Å². The van der Waals surface area contributed by atoms with Gasteiger partial charge in [0, 0.05) is 23.3 Å². The van der Waals surface area contributed by atoms with E-state index in [-0.39, 0.29) is 12.4 Å². The molecule has 6 rings (SSSR count). The zero-order valence-corrected chi connectivity index (χ0v) is 19.9. The van der Waals surface area contributed by atoms with Crippen LogP contribution in [0.4, 0.5) is 0 Å². The molecule has 176 valence electrons. The van der Waals surface area contributed by atoms with Crippen LogP contribution in [-0.2, 0) is 13.1 Å². The van der Waals surface area contributed by atoms with E-state index in [0.29, 0.717) is 6.54 Å². The van der Waals surface area contributed by atoms with E-state index < -0.39 is 0 Å². The van der Waals surface area contributed by atoms with Gasteiger partial charge in [-0.2, -0.15) is 0 Å². The maximum atomic E-state index is 5.43. The monoisotopic (exact) mass is 477 g/mol. The van der Waals surface area contributed by atoms with Crippen molar-refractivity contribution in [2.75, 3.05) is 13.7 Å². The van der Waals surface area contributed by atoms with Gasteiger partial charge in [-0.3, -0.25) is 0 Å². The fraction of sp³-hybridized carbons (Fsp3) is 0.320. The number of nitrogens with one attached hydrogen (secondary N) is 2. The van der Waals surface area contributed by atoms with E-state index in [1.807, 2.05) is 33.7 Å². The highest BCUT2D eigenvalue weighted by Gasteiger charge is 2.16. The van der Waals surface area contributed by atoms with Crippen LogP contribution >= 0.6 is 12.4 Å². The Bertz CT molecular complexity index is 1420. The van der Waals surface area contributed by atoms with Crippen LogP contribution in [0.5, 0.6) is 5.75 Å². The number of H-pyrrole nitrogens is 1. The number of aromatic nitrogens is 6. The maximum absolute atomic E-state index is 5.43. The predicted molar refractivity (Wildman–Crippen MR) is 134 cm³/mol. The molecule has 9 heteroatoms. The Labute approximate surface area is 203 Å². The highest BCUT2D eigenvalue weighted by Crippen LogP contribution is 2.28. The van der Waals surface area contributed by atoms with Crippen LogP contribution in [0.2, 0.25) is 0 Å². The lowest BCUT2D eigenvalue weighted by atomic mass is 9.85. The molecular formula is C25H28ClN7O. The molecule has 0 spiro atoms. The average Bonchev–Trinajstić information content (AvgIpc) is 3.53. The number of methoxy groups -OCH3 is 1. The van der Waals surface area contributed by atoms with E-state index >= 15 is 0 Å². The molecule has 0 bridgehead atoms. The number of hydrogen-bond acceptors (Lipinski definition) is 5. The third-order valence-electron chi connectivity index (χ3n) is 6.61. The van der Waals surface area contributed by atoms with Crippen LogP contribution in [0.25, 0.3) is 27.7 Å². The van der Waals surface area contributed by atoms with Crippen molar-refractivity contribution in [3.05, 3.63) is 66.5 Å². The fourth-order valence-corrected chi connectivity index (χ4v) is 4.55. The maximum Gasteiger partial charge on any atom is 0.136 e. The smallest absolute Gasteiger partial charge is 0.136 e. The molecule has 0 amide bonds. The van der Waals surface area contributed by atoms with Crippen LogP contribution < -0.4 is 10.1 Å². The summed E-state index contributed by atoms with van der Waals surface area (Å²) in [5, 5.41) is 13.6. The van der Waals surface area contributed by atoms with Crippen molar-refractivity contribution in [1.82, 2.24) is 34.7 Å². The molecule has 0 unspecified atom stereocenters.